The summed E-state index contributed by atoms with van der Waals surface area (Å²) in [5.74, 6) is 0.789. The highest BCUT2D eigenvalue weighted by Crippen LogP contribution is 2.39. The Bertz CT molecular complexity index is 1240. The molecule has 6 nitrogen and oxygen atoms in total. The van der Waals surface area contributed by atoms with Crippen molar-refractivity contribution in [3.05, 3.63) is 89.5 Å². The van der Waals surface area contributed by atoms with E-state index < -0.39 is 21.7 Å². The zero-order chi connectivity index (χ0) is 24.5. The quantitative estimate of drug-likeness (QED) is 0.529. The number of benzene rings is 3. The van der Waals surface area contributed by atoms with Gasteiger partial charge < -0.3 is 15.2 Å². The minimum absolute atomic E-state index is 0.231. The summed E-state index contributed by atoms with van der Waals surface area (Å²) >= 11 is 0. The summed E-state index contributed by atoms with van der Waals surface area (Å²) in [6.07, 6.45) is 0.0480. The van der Waals surface area contributed by atoms with Crippen molar-refractivity contribution in [1.82, 2.24) is 5.32 Å². The number of nitrogens with one attached hydrogen (secondary N) is 1. The number of rotatable bonds is 7. The fourth-order valence-electron chi connectivity index (χ4n) is 4.22. The van der Waals surface area contributed by atoms with Crippen LogP contribution >= 0.6 is 0 Å². The average molecular weight is 481 g/mol. The molecule has 0 spiro atoms. The van der Waals surface area contributed by atoms with Gasteiger partial charge >= 0.3 is 0 Å². The van der Waals surface area contributed by atoms with Crippen LogP contribution in [0, 0.1) is 6.92 Å². The van der Waals surface area contributed by atoms with E-state index in [1.807, 2.05) is 69.3 Å². The van der Waals surface area contributed by atoms with Gasteiger partial charge in [-0.3, -0.25) is 4.31 Å². The molecule has 1 aliphatic heterocycles. The van der Waals surface area contributed by atoms with Crippen LogP contribution in [0.1, 0.15) is 36.6 Å². The van der Waals surface area contributed by atoms with E-state index in [1.54, 1.807) is 31.3 Å². The molecule has 0 saturated carbocycles. The molecule has 180 valence electrons. The molecular formula is C27H32N2O4S. The van der Waals surface area contributed by atoms with E-state index in [-0.39, 0.29) is 10.9 Å². The Hall–Kier alpha value is -2.87. The molecule has 0 aromatic heterocycles. The lowest BCUT2D eigenvalue weighted by atomic mass is 9.86. The van der Waals surface area contributed by atoms with Crippen LogP contribution < -0.4 is 14.4 Å². The molecule has 0 radical (unpaired) electrons. The number of hydrogen-bond donors (Lipinski definition) is 2. The van der Waals surface area contributed by atoms with Gasteiger partial charge in [0, 0.05) is 12.6 Å². The molecule has 2 N–H and O–H groups in total. The average Bonchev–Trinajstić information content (AvgIpc) is 2.81. The van der Waals surface area contributed by atoms with Crippen molar-refractivity contribution in [3.63, 3.8) is 0 Å². The second kappa shape index (κ2) is 9.41. The third kappa shape index (κ3) is 4.82. The molecule has 3 aromatic rings. The summed E-state index contributed by atoms with van der Waals surface area (Å²) in [5.41, 5.74) is 2.95. The second-order valence-electron chi connectivity index (χ2n) is 9.32. The van der Waals surface area contributed by atoms with Crippen molar-refractivity contribution >= 4 is 15.7 Å². The van der Waals surface area contributed by atoms with Gasteiger partial charge in [-0.1, -0.05) is 48.0 Å². The van der Waals surface area contributed by atoms with Gasteiger partial charge in [0.2, 0.25) is 0 Å². The number of nitrogens with zero attached hydrogens (tertiary/aromatic N) is 1. The number of para-hydroxylation sites is 1. The van der Waals surface area contributed by atoms with Gasteiger partial charge in [0.25, 0.3) is 10.0 Å². The van der Waals surface area contributed by atoms with E-state index in [2.05, 4.69) is 5.32 Å². The van der Waals surface area contributed by atoms with Crippen molar-refractivity contribution in [2.75, 3.05) is 17.9 Å². The third-order valence-electron chi connectivity index (χ3n) is 6.41. The minimum atomic E-state index is -3.62. The van der Waals surface area contributed by atoms with Gasteiger partial charge in [0.15, 0.2) is 0 Å². The SMILES string of the molecule is Cc1ccc(S(=O)(=O)N(C)c2ccc(CCNC3c4ccccc4OC(C)(C)C3O)cc2)cc1. The van der Waals surface area contributed by atoms with Crippen molar-refractivity contribution in [3.8, 4) is 5.75 Å². The molecular weight excluding hydrogens is 448 g/mol. The fraction of sp³-hybridized carbons (Fsp3) is 0.333. The predicted molar refractivity (Wildman–Crippen MR) is 135 cm³/mol. The van der Waals surface area contributed by atoms with Crippen molar-refractivity contribution < 1.29 is 18.3 Å². The first-order chi connectivity index (χ1) is 16.1. The number of aliphatic hydroxyl groups excluding tert-OH is 1. The number of sulfonamides is 1. The lowest BCUT2D eigenvalue weighted by Gasteiger charge is -2.42. The number of fused-ring (bicyclic) bond motifs is 1. The van der Waals surface area contributed by atoms with E-state index >= 15 is 0 Å². The van der Waals surface area contributed by atoms with E-state index in [4.69, 9.17) is 4.74 Å². The Morgan fingerprint density at radius 1 is 1.00 bits per heavy atom. The molecule has 0 aliphatic carbocycles. The predicted octanol–water partition coefficient (Wildman–Crippen LogP) is 4.23. The number of hydrogen-bond acceptors (Lipinski definition) is 5. The number of aryl methyl sites for hydroxylation is 1. The third-order valence-corrected chi connectivity index (χ3v) is 8.21. The van der Waals surface area contributed by atoms with E-state index in [1.165, 1.54) is 4.31 Å². The van der Waals surface area contributed by atoms with Gasteiger partial charge in [-0.15, -0.1) is 0 Å². The summed E-state index contributed by atoms with van der Waals surface area (Å²) in [6, 6.07) is 21.9. The lowest BCUT2D eigenvalue weighted by Crippen LogP contribution is -2.52. The summed E-state index contributed by atoms with van der Waals surface area (Å²) in [7, 11) is -2.05. The molecule has 34 heavy (non-hydrogen) atoms. The maximum Gasteiger partial charge on any atom is 0.264 e. The monoisotopic (exact) mass is 480 g/mol. The van der Waals surface area contributed by atoms with Crippen LogP contribution in [0.4, 0.5) is 5.69 Å². The minimum Gasteiger partial charge on any atom is -0.485 e. The second-order valence-corrected chi connectivity index (χ2v) is 11.3. The molecule has 0 amide bonds. The standard InChI is InChI=1S/C27H32N2O4S/c1-19-9-15-22(16-10-19)34(31,32)29(4)21-13-11-20(12-14-21)17-18-28-25-23-7-5-6-8-24(23)33-27(2,3)26(25)30/h5-16,25-26,28,30H,17-18H2,1-4H3. The maximum atomic E-state index is 12.9. The molecule has 3 aromatic carbocycles. The van der Waals surface area contributed by atoms with Crippen LogP contribution in [0.3, 0.4) is 0 Å². The summed E-state index contributed by atoms with van der Waals surface area (Å²) in [6.45, 7) is 6.36. The fourth-order valence-corrected chi connectivity index (χ4v) is 5.41. The van der Waals surface area contributed by atoms with Gasteiger partial charge in [-0.2, -0.15) is 0 Å². The molecule has 0 fully saturated rings. The van der Waals surface area contributed by atoms with E-state index in [0.29, 0.717) is 12.2 Å². The Morgan fingerprint density at radius 2 is 1.65 bits per heavy atom. The van der Waals surface area contributed by atoms with Crippen LogP contribution in [0.5, 0.6) is 5.75 Å². The highest BCUT2D eigenvalue weighted by molar-refractivity contribution is 7.92. The van der Waals surface area contributed by atoms with Crippen LogP contribution in [0.2, 0.25) is 0 Å². The van der Waals surface area contributed by atoms with Crippen molar-refractivity contribution in [1.29, 1.82) is 0 Å². The molecule has 0 bridgehead atoms. The highest BCUT2D eigenvalue weighted by atomic mass is 32.2. The topological polar surface area (TPSA) is 78.9 Å². The Morgan fingerprint density at radius 3 is 2.32 bits per heavy atom. The first-order valence-electron chi connectivity index (χ1n) is 11.4. The van der Waals surface area contributed by atoms with E-state index in [0.717, 1.165) is 28.9 Å². The first-order valence-corrected chi connectivity index (χ1v) is 12.9. The van der Waals surface area contributed by atoms with Gasteiger partial charge in [0.1, 0.15) is 17.5 Å². The molecule has 4 rings (SSSR count). The largest absolute Gasteiger partial charge is 0.485 e. The van der Waals surface area contributed by atoms with E-state index in [9.17, 15) is 13.5 Å². The molecule has 2 atom stereocenters. The molecule has 2 unspecified atom stereocenters. The summed E-state index contributed by atoms with van der Waals surface area (Å²) < 4.78 is 33.2. The first kappa shape index (κ1) is 24.3. The molecule has 0 saturated heterocycles. The normalized spacial score (nSPS) is 19.2. The zero-order valence-corrected chi connectivity index (χ0v) is 20.8. The number of anilines is 1. The molecule has 7 heteroatoms. The molecule has 1 heterocycles. The summed E-state index contributed by atoms with van der Waals surface area (Å²) in [5, 5.41) is 14.4. The van der Waals surface area contributed by atoms with Gasteiger partial charge in [-0.05, 0) is 69.6 Å². The Kier molecular flexibility index (Phi) is 6.71. The van der Waals surface area contributed by atoms with Crippen LogP contribution in [0.15, 0.2) is 77.7 Å². The van der Waals surface area contributed by atoms with Crippen LogP contribution in [-0.4, -0.2) is 38.8 Å². The lowest BCUT2D eigenvalue weighted by molar-refractivity contribution is -0.0643. The van der Waals surface area contributed by atoms with Crippen molar-refractivity contribution in [2.24, 2.45) is 0 Å². The van der Waals surface area contributed by atoms with Crippen LogP contribution in [0.25, 0.3) is 0 Å². The Balaban J connectivity index is 1.41. The van der Waals surface area contributed by atoms with Gasteiger partial charge in [0.05, 0.1) is 16.6 Å². The van der Waals surface area contributed by atoms with Crippen molar-refractivity contribution in [2.45, 2.75) is 49.8 Å². The Labute approximate surface area is 202 Å². The summed E-state index contributed by atoms with van der Waals surface area (Å²) in [4.78, 5) is 0.270. The number of ether oxygens (including phenoxy) is 1. The zero-order valence-electron chi connectivity index (χ0n) is 20.0. The van der Waals surface area contributed by atoms with Gasteiger partial charge in [-0.25, -0.2) is 8.42 Å². The smallest absolute Gasteiger partial charge is 0.264 e. The number of aliphatic hydroxyl groups is 1. The molecule has 1 aliphatic rings. The highest BCUT2D eigenvalue weighted by Gasteiger charge is 2.42. The van der Waals surface area contributed by atoms with Crippen LogP contribution in [-0.2, 0) is 16.4 Å². The maximum absolute atomic E-state index is 12.9.